The molecule has 2 aromatic heterocycles. The second-order valence-corrected chi connectivity index (χ2v) is 6.30. The SMILES string of the molecule is COC[C@H](C)n1c(C)cc(C(=O)Cn2c(=O)oc3ccccc32)c1C. The van der Waals surface area contributed by atoms with E-state index in [0.29, 0.717) is 23.3 Å². The molecule has 3 rings (SSSR count). The number of carbonyl (C=O) groups excluding carboxylic acids is 1. The molecule has 0 spiro atoms. The smallest absolute Gasteiger partial charge is 0.408 e. The number of ketones is 1. The van der Waals surface area contributed by atoms with E-state index in [1.54, 1.807) is 25.3 Å². The van der Waals surface area contributed by atoms with Crippen molar-refractivity contribution in [1.82, 2.24) is 9.13 Å². The van der Waals surface area contributed by atoms with Crippen molar-refractivity contribution in [2.75, 3.05) is 13.7 Å². The van der Waals surface area contributed by atoms with Crippen LogP contribution in [0.4, 0.5) is 0 Å². The Hall–Kier alpha value is -2.60. The van der Waals surface area contributed by atoms with Crippen LogP contribution >= 0.6 is 0 Å². The molecular weight excluding hydrogens is 320 g/mol. The van der Waals surface area contributed by atoms with Gasteiger partial charge in [0.2, 0.25) is 0 Å². The molecule has 0 radical (unpaired) electrons. The van der Waals surface area contributed by atoms with E-state index in [2.05, 4.69) is 4.57 Å². The minimum Gasteiger partial charge on any atom is -0.408 e. The largest absolute Gasteiger partial charge is 0.420 e. The first-order chi connectivity index (χ1) is 11.9. The van der Waals surface area contributed by atoms with Gasteiger partial charge in [-0.1, -0.05) is 12.1 Å². The molecule has 0 saturated heterocycles. The third-order valence-corrected chi connectivity index (χ3v) is 4.51. The predicted molar refractivity (Wildman–Crippen MR) is 95.3 cm³/mol. The zero-order chi connectivity index (χ0) is 18.1. The lowest BCUT2D eigenvalue weighted by Crippen LogP contribution is -2.21. The number of fused-ring (bicyclic) bond motifs is 1. The van der Waals surface area contributed by atoms with Crippen molar-refractivity contribution in [3.05, 3.63) is 57.8 Å². The van der Waals surface area contributed by atoms with Gasteiger partial charge >= 0.3 is 5.76 Å². The van der Waals surface area contributed by atoms with Crippen LogP contribution in [0.3, 0.4) is 0 Å². The van der Waals surface area contributed by atoms with Gasteiger partial charge in [0.1, 0.15) is 0 Å². The molecule has 25 heavy (non-hydrogen) atoms. The molecule has 6 heteroatoms. The highest BCUT2D eigenvalue weighted by atomic mass is 16.5. The van der Waals surface area contributed by atoms with Crippen molar-refractivity contribution in [1.29, 1.82) is 0 Å². The van der Waals surface area contributed by atoms with Gasteiger partial charge in [-0.15, -0.1) is 0 Å². The van der Waals surface area contributed by atoms with Crippen LogP contribution in [0.1, 0.15) is 34.7 Å². The maximum atomic E-state index is 12.8. The average Bonchev–Trinajstić information content (AvgIpc) is 3.04. The third-order valence-electron chi connectivity index (χ3n) is 4.51. The van der Waals surface area contributed by atoms with E-state index in [9.17, 15) is 9.59 Å². The molecule has 3 aromatic rings. The van der Waals surface area contributed by atoms with Crippen molar-refractivity contribution in [3.8, 4) is 0 Å². The highest BCUT2D eigenvalue weighted by molar-refractivity contribution is 5.98. The van der Waals surface area contributed by atoms with E-state index in [-0.39, 0.29) is 18.4 Å². The number of aryl methyl sites for hydroxylation is 1. The molecule has 132 valence electrons. The zero-order valence-electron chi connectivity index (χ0n) is 14.9. The molecular formula is C19H22N2O4. The summed E-state index contributed by atoms with van der Waals surface area (Å²) in [5.74, 6) is -0.631. The number of ether oxygens (including phenoxy) is 1. The number of methoxy groups -OCH3 is 1. The topological polar surface area (TPSA) is 66.4 Å². The van der Waals surface area contributed by atoms with Crippen molar-refractivity contribution >= 4 is 16.9 Å². The summed E-state index contributed by atoms with van der Waals surface area (Å²) in [6.07, 6.45) is 0. The first-order valence-corrected chi connectivity index (χ1v) is 8.23. The Morgan fingerprint density at radius 1 is 1.28 bits per heavy atom. The summed E-state index contributed by atoms with van der Waals surface area (Å²) in [6.45, 7) is 6.46. The number of benzene rings is 1. The number of rotatable bonds is 6. The summed E-state index contributed by atoms with van der Waals surface area (Å²) in [5.41, 5.74) is 3.61. The van der Waals surface area contributed by atoms with Crippen LogP contribution in [0.2, 0.25) is 0 Å². The molecule has 0 amide bonds. The minimum absolute atomic E-state index is 0.0429. The van der Waals surface area contributed by atoms with Crippen LogP contribution in [-0.4, -0.2) is 28.6 Å². The molecule has 1 aromatic carbocycles. The van der Waals surface area contributed by atoms with Gasteiger partial charge < -0.3 is 13.7 Å². The fourth-order valence-corrected chi connectivity index (χ4v) is 3.45. The van der Waals surface area contributed by atoms with E-state index in [1.807, 2.05) is 32.9 Å². The summed E-state index contributed by atoms with van der Waals surface area (Å²) in [5, 5.41) is 0. The Balaban J connectivity index is 1.95. The zero-order valence-corrected chi connectivity index (χ0v) is 14.9. The van der Waals surface area contributed by atoms with Crippen molar-refractivity contribution in [3.63, 3.8) is 0 Å². The molecule has 2 heterocycles. The van der Waals surface area contributed by atoms with Gasteiger partial charge in [-0.2, -0.15) is 0 Å². The second kappa shape index (κ2) is 6.72. The van der Waals surface area contributed by atoms with E-state index in [1.165, 1.54) is 4.57 Å². The van der Waals surface area contributed by atoms with Crippen molar-refractivity contribution in [2.24, 2.45) is 0 Å². The number of nitrogens with zero attached hydrogens (tertiary/aromatic N) is 2. The number of hydrogen-bond donors (Lipinski definition) is 0. The molecule has 0 bridgehead atoms. The van der Waals surface area contributed by atoms with Gasteiger partial charge in [0.05, 0.1) is 24.7 Å². The molecule has 0 aliphatic carbocycles. The average molecular weight is 342 g/mol. The van der Waals surface area contributed by atoms with Gasteiger partial charge in [-0.05, 0) is 39.0 Å². The first-order valence-electron chi connectivity index (χ1n) is 8.23. The van der Waals surface area contributed by atoms with Gasteiger partial charge in [0.15, 0.2) is 11.4 Å². The summed E-state index contributed by atoms with van der Waals surface area (Å²) in [7, 11) is 1.66. The minimum atomic E-state index is -0.517. The number of oxazole rings is 1. The Bertz CT molecular complexity index is 977. The predicted octanol–water partition coefficient (Wildman–Crippen LogP) is 3.10. The van der Waals surface area contributed by atoms with Crippen LogP contribution in [0, 0.1) is 13.8 Å². The Labute approximate surface area is 145 Å². The van der Waals surface area contributed by atoms with Crippen LogP contribution in [0.5, 0.6) is 0 Å². The summed E-state index contributed by atoms with van der Waals surface area (Å²) < 4.78 is 13.9. The van der Waals surface area contributed by atoms with Crippen molar-refractivity contribution < 1.29 is 13.9 Å². The van der Waals surface area contributed by atoms with E-state index < -0.39 is 5.76 Å². The highest BCUT2D eigenvalue weighted by Crippen LogP contribution is 2.22. The van der Waals surface area contributed by atoms with Gasteiger partial charge in [0, 0.05) is 24.1 Å². The molecule has 1 atom stereocenters. The Morgan fingerprint density at radius 2 is 2.00 bits per heavy atom. The van der Waals surface area contributed by atoms with Crippen molar-refractivity contribution in [2.45, 2.75) is 33.4 Å². The lowest BCUT2D eigenvalue weighted by atomic mass is 10.1. The standard InChI is InChI=1S/C19H22N2O4/c1-12-9-15(14(3)21(12)13(2)11-24-4)17(22)10-20-16-7-5-6-8-18(16)25-19(20)23/h5-9,13H,10-11H2,1-4H3/t13-/m0/s1. The summed E-state index contributed by atoms with van der Waals surface area (Å²) >= 11 is 0. The molecule has 6 nitrogen and oxygen atoms in total. The summed E-state index contributed by atoms with van der Waals surface area (Å²) in [4.78, 5) is 24.9. The van der Waals surface area contributed by atoms with Crippen LogP contribution in [-0.2, 0) is 11.3 Å². The van der Waals surface area contributed by atoms with E-state index in [4.69, 9.17) is 9.15 Å². The fraction of sp³-hybridized carbons (Fsp3) is 0.368. The molecule has 0 aliphatic heterocycles. The first kappa shape index (κ1) is 17.2. The molecule has 0 saturated carbocycles. The van der Waals surface area contributed by atoms with Crippen LogP contribution in [0.25, 0.3) is 11.1 Å². The maximum Gasteiger partial charge on any atom is 0.420 e. The number of carbonyl (C=O) groups is 1. The molecule has 0 fully saturated rings. The number of hydrogen-bond acceptors (Lipinski definition) is 4. The lowest BCUT2D eigenvalue weighted by molar-refractivity contribution is 0.0969. The van der Waals surface area contributed by atoms with Gasteiger partial charge in [-0.25, -0.2) is 4.79 Å². The molecule has 0 unspecified atom stereocenters. The monoisotopic (exact) mass is 342 g/mol. The third kappa shape index (κ3) is 3.05. The van der Waals surface area contributed by atoms with E-state index in [0.717, 1.165) is 11.4 Å². The second-order valence-electron chi connectivity index (χ2n) is 6.30. The number of aromatic nitrogens is 2. The maximum absolute atomic E-state index is 12.8. The van der Waals surface area contributed by atoms with Crippen LogP contribution in [0.15, 0.2) is 39.5 Å². The van der Waals surface area contributed by atoms with Gasteiger partial charge in [0.25, 0.3) is 0 Å². The molecule has 0 N–H and O–H groups in total. The normalized spacial score (nSPS) is 12.6. The van der Waals surface area contributed by atoms with Gasteiger partial charge in [-0.3, -0.25) is 9.36 Å². The Kier molecular flexibility index (Phi) is 4.63. The van der Waals surface area contributed by atoms with E-state index >= 15 is 0 Å². The summed E-state index contributed by atoms with van der Waals surface area (Å²) in [6, 6.07) is 9.10. The molecule has 0 aliphatic rings. The number of Topliss-reactive ketones (excluding diaryl/α,β-unsaturated/α-hetero) is 1. The fourth-order valence-electron chi connectivity index (χ4n) is 3.45. The van der Waals surface area contributed by atoms with Crippen LogP contribution < -0.4 is 5.76 Å². The quantitative estimate of drug-likeness (QED) is 0.646. The lowest BCUT2D eigenvalue weighted by Gasteiger charge is -2.17. The highest BCUT2D eigenvalue weighted by Gasteiger charge is 2.20. The number of para-hydroxylation sites is 2. The Morgan fingerprint density at radius 3 is 2.72 bits per heavy atom.